The predicted molar refractivity (Wildman–Crippen MR) is 88.7 cm³/mol. The maximum absolute atomic E-state index is 4.74. The van der Waals surface area contributed by atoms with Crippen LogP contribution in [0.5, 0.6) is 0 Å². The Morgan fingerprint density at radius 1 is 1.14 bits per heavy atom. The minimum atomic E-state index is 0.403. The molecule has 0 amide bonds. The van der Waals surface area contributed by atoms with Crippen molar-refractivity contribution in [1.82, 2.24) is 15.3 Å². The van der Waals surface area contributed by atoms with E-state index in [2.05, 4.69) is 41.5 Å². The van der Waals surface area contributed by atoms with E-state index in [1.165, 1.54) is 15.3 Å². The molecule has 21 heavy (non-hydrogen) atoms. The molecule has 2 aromatic heterocycles. The summed E-state index contributed by atoms with van der Waals surface area (Å²) in [7, 11) is 0. The fourth-order valence-electron chi connectivity index (χ4n) is 2.53. The molecule has 0 spiro atoms. The van der Waals surface area contributed by atoms with Gasteiger partial charge in [0.1, 0.15) is 0 Å². The lowest BCUT2D eigenvalue weighted by atomic mass is 10.1. The van der Waals surface area contributed by atoms with E-state index in [0.29, 0.717) is 6.04 Å². The standard InChI is InChI=1S/C17H19N3S/c1-2-19-14(10-13-6-5-9-18-12-13)11-17-20-15-7-3-4-8-16(15)21-17/h3-9,12,14,19H,2,10-11H2,1H3. The number of hydrogen-bond acceptors (Lipinski definition) is 4. The zero-order valence-electron chi connectivity index (χ0n) is 12.1. The molecule has 3 nitrogen and oxygen atoms in total. The summed E-state index contributed by atoms with van der Waals surface area (Å²) < 4.78 is 1.27. The first-order chi connectivity index (χ1) is 10.3. The van der Waals surface area contributed by atoms with Crippen molar-refractivity contribution in [3.05, 3.63) is 59.4 Å². The number of pyridine rings is 1. The predicted octanol–water partition coefficient (Wildman–Crippen LogP) is 3.45. The van der Waals surface area contributed by atoms with Gasteiger partial charge in [-0.1, -0.05) is 25.1 Å². The third-order valence-corrected chi connectivity index (χ3v) is 4.52. The summed E-state index contributed by atoms with van der Waals surface area (Å²) in [5.74, 6) is 0. The minimum absolute atomic E-state index is 0.403. The molecule has 1 atom stereocenters. The number of nitrogens with zero attached hydrogens (tertiary/aromatic N) is 2. The highest BCUT2D eigenvalue weighted by Crippen LogP contribution is 2.23. The SMILES string of the molecule is CCNC(Cc1cccnc1)Cc1nc2ccccc2s1. The Morgan fingerprint density at radius 2 is 2.05 bits per heavy atom. The molecule has 1 N–H and O–H groups in total. The quantitative estimate of drug-likeness (QED) is 0.757. The number of nitrogens with one attached hydrogen (secondary N) is 1. The fourth-order valence-corrected chi connectivity index (χ4v) is 3.57. The Hall–Kier alpha value is -1.78. The number of hydrogen-bond donors (Lipinski definition) is 1. The van der Waals surface area contributed by atoms with Gasteiger partial charge in [-0.2, -0.15) is 0 Å². The maximum Gasteiger partial charge on any atom is 0.0954 e. The maximum atomic E-state index is 4.74. The van der Waals surface area contributed by atoms with E-state index >= 15 is 0 Å². The molecule has 0 aliphatic heterocycles. The van der Waals surface area contributed by atoms with Gasteiger partial charge in [-0.15, -0.1) is 11.3 Å². The van der Waals surface area contributed by atoms with E-state index < -0.39 is 0 Å². The van der Waals surface area contributed by atoms with E-state index in [1.54, 1.807) is 11.3 Å². The molecule has 0 saturated heterocycles. The van der Waals surface area contributed by atoms with Crippen LogP contribution in [-0.2, 0) is 12.8 Å². The van der Waals surface area contributed by atoms with Crippen LogP contribution in [-0.4, -0.2) is 22.6 Å². The van der Waals surface area contributed by atoms with Crippen LogP contribution in [0.15, 0.2) is 48.8 Å². The number of rotatable bonds is 6. The molecule has 0 bridgehead atoms. The molecular formula is C17H19N3S. The number of fused-ring (bicyclic) bond motifs is 1. The zero-order chi connectivity index (χ0) is 14.5. The summed E-state index contributed by atoms with van der Waals surface area (Å²) in [6, 6.07) is 12.9. The highest BCUT2D eigenvalue weighted by Gasteiger charge is 2.12. The lowest BCUT2D eigenvalue weighted by Crippen LogP contribution is -2.33. The first-order valence-electron chi connectivity index (χ1n) is 7.32. The number of benzene rings is 1. The van der Waals surface area contributed by atoms with E-state index in [0.717, 1.165) is 24.9 Å². The summed E-state index contributed by atoms with van der Waals surface area (Å²) in [5.41, 5.74) is 2.37. The second-order valence-corrected chi connectivity index (χ2v) is 6.21. The number of para-hydroxylation sites is 1. The van der Waals surface area contributed by atoms with Crippen LogP contribution < -0.4 is 5.32 Å². The Kier molecular flexibility index (Phi) is 4.58. The number of thiazole rings is 1. The lowest BCUT2D eigenvalue weighted by molar-refractivity contribution is 0.520. The largest absolute Gasteiger partial charge is 0.314 e. The van der Waals surface area contributed by atoms with Gasteiger partial charge >= 0.3 is 0 Å². The smallest absolute Gasteiger partial charge is 0.0954 e. The molecule has 0 aliphatic rings. The minimum Gasteiger partial charge on any atom is -0.314 e. The van der Waals surface area contributed by atoms with Gasteiger partial charge < -0.3 is 5.32 Å². The lowest BCUT2D eigenvalue weighted by Gasteiger charge is -2.16. The van der Waals surface area contributed by atoms with Gasteiger partial charge in [0.2, 0.25) is 0 Å². The Morgan fingerprint density at radius 3 is 2.81 bits per heavy atom. The van der Waals surface area contributed by atoms with Gasteiger partial charge in [0, 0.05) is 24.9 Å². The molecule has 0 aliphatic carbocycles. The van der Waals surface area contributed by atoms with Crippen molar-refractivity contribution in [3.8, 4) is 0 Å². The summed E-state index contributed by atoms with van der Waals surface area (Å²) in [5, 5.41) is 4.76. The first kappa shape index (κ1) is 14.2. The molecule has 3 aromatic rings. The molecule has 0 radical (unpaired) electrons. The summed E-state index contributed by atoms with van der Waals surface area (Å²) in [4.78, 5) is 8.94. The first-order valence-corrected chi connectivity index (χ1v) is 8.13. The van der Waals surface area contributed by atoms with E-state index in [1.807, 2.05) is 24.5 Å². The van der Waals surface area contributed by atoms with E-state index in [4.69, 9.17) is 4.98 Å². The van der Waals surface area contributed by atoms with Crippen molar-refractivity contribution in [2.24, 2.45) is 0 Å². The Bertz CT molecular complexity index is 660. The van der Waals surface area contributed by atoms with Crippen molar-refractivity contribution in [1.29, 1.82) is 0 Å². The van der Waals surface area contributed by atoms with Crippen molar-refractivity contribution < 1.29 is 0 Å². The van der Waals surface area contributed by atoms with Gasteiger partial charge in [-0.3, -0.25) is 4.98 Å². The molecule has 2 heterocycles. The monoisotopic (exact) mass is 297 g/mol. The average molecular weight is 297 g/mol. The van der Waals surface area contributed by atoms with Crippen LogP contribution in [0, 0.1) is 0 Å². The van der Waals surface area contributed by atoms with Crippen molar-refractivity contribution in [2.45, 2.75) is 25.8 Å². The van der Waals surface area contributed by atoms with Gasteiger partial charge in [-0.05, 0) is 36.7 Å². The molecule has 4 heteroatoms. The van der Waals surface area contributed by atoms with Crippen molar-refractivity contribution >= 4 is 21.6 Å². The van der Waals surface area contributed by atoms with E-state index in [9.17, 15) is 0 Å². The molecule has 3 rings (SSSR count). The summed E-state index contributed by atoms with van der Waals surface area (Å²) in [6.45, 7) is 3.12. The normalized spacial score (nSPS) is 12.6. The van der Waals surface area contributed by atoms with Crippen LogP contribution >= 0.6 is 11.3 Å². The van der Waals surface area contributed by atoms with Crippen LogP contribution in [0.25, 0.3) is 10.2 Å². The Labute approximate surface area is 129 Å². The third kappa shape index (κ3) is 3.65. The third-order valence-electron chi connectivity index (χ3n) is 3.46. The van der Waals surface area contributed by atoms with Gasteiger partial charge in [-0.25, -0.2) is 4.98 Å². The van der Waals surface area contributed by atoms with Crippen molar-refractivity contribution in [3.63, 3.8) is 0 Å². The molecular weight excluding hydrogens is 278 g/mol. The number of aromatic nitrogens is 2. The Balaban J connectivity index is 1.75. The summed E-state index contributed by atoms with van der Waals surface area (Å²) in [6.07, 6.45) is 5.71. The highest BCUT2D eigenvalue weighted by atomic mass is 32.1. The number of likely N-dealkylation sites (N-methyl/N-ethyl adjacent to an activating group) is 1. The second kappa shape index (κ2) is 6.78. The van der Waals surface area contributed by atoms with Crippen LogP contribution in [0.3, 0.4) is 0 Å². The van der Waals surface area contributed by atoms with Crippen LogP contribution in [0.1, 0.15) is 17.5 Å². The second-order valence-electron chi connectivity index (χ2n) is 5.10. The highest BCUT2D eigenvalue weighted by molar-refractivity contribution is 7.18. The molecule has 1 aromatic carbocycles. The summed E-state index contributed by atoms with van der Waals surface area (Å²) >= 11 is 1.80. The average Bonchev–Trinajstić information content (AvgIpc) is 2.90. The fraction of sp³-hybridized carbons (Fsp3) is 0.294. The van der Waals surface area contributed by atoms with E-state index in [-0.39, 0.29) is 0 Å². The van der Waals surface area contributed by atoms with Gasteiger partial charge in [0.25, 0.3) is 0 Å². The molecule has 0 fully saturated rings. The molecule has 108 valence electrons. The topological polar surface area (TPSA) is 37.8 Å². The molecule has 0 saturated carbocycles. The molecule has 1 unspecified atom stereocenters. The van der Waals surface area contributed by atoms with Gasteiger partial charge in [0.15, 0.2) is 0 Å². The van der Waals surface area contributed by atoms with Crippen molar-refractivity contribution in [2.75, 3.05) is 6.54 Å². The van der Waals surface area contributed by atoms with Crippen LogP contribution in [0.2, 0.25) is 0 Å². The zero-order valence-corrected chi connectivity index (χ0v) is 12.9. The van der Waals surface area contributed by atoms with Gasteiger partial charge in [0.05, 0.1) is 15.2 Å². The van der Waals surface area contributed by atoms with Crippen LogP contribution in [0.4, 0.5) is 0 Å².